The summed E-state index contributed by atoms with van der Waals surface area (Å²) in [6, 6.07) is 16.9. The molecule has 0 heterocycles. The van der Waals surface area contributed by atoms with Gasteiger partial charge in [0.05, 0.1) is 12.5 Å². The summed E-state index contributed by atoms with van der Waals surface area (Å²) in [5.74, 6) is -0.841. The van der Waals surface area contributed by atoms with E-state index in [1.54, 1.807) is 0 Å². The van der Waals surface area contributed by atoms with Crippen LogP contribution in [0.4, 0.5) is 0 Å². The number of aliphatic hydroxyl groups is 1. The van der Waals surface area contributed by atoms with Crippen LogP contribution in [0.1, 0.15) is 22.8 Å². The largest absolute Gasteiger partial charge is 0.481 e. The highest BCUT2D eigenvalue weighted by molar-refractivity contribution is 5.70. The van der Waals surface area contributed by atoms with Crippen molar-refractivity contribution in [1.29, 1.82) is 0 Å². The number of hydrogen-bond donors (Lipinski definition) is 3. The molecule has 0 aliphatic rings. The maximum absolute atomic E-state index is 10.8. The monoisotopic (exact) mass is 285 g/mol. The third-order valence-corrected chi connectivity index (χ3v) is 3.30. The molecule has 0 aromatic heterocycles. The molecule has 2 aromatic rings. The van der Waals surface area contributed by atoms with Crippen molar-refractivity contribution >= 4 is 5.97 Å². The third kappa shape index (κ3) is 4.70. The molecule has 1 unspecified atom stereocenters. The first-order valence-electron chi connectivity index (χ1n) is 6.89. The summed E-state index contributed by atoms with van der Waals surface area (Å²) < 4.78 is 0. The molecule has 0 aliphatic heterocycles. The second kappa shape index (κ2) is 7.57. The summed E-state index contributed by atoms with van der Waals surface area (Å²) in [4.78, 5) is 10.8. The van der Waals surface area contributed by atoms with Crippen LogP contribution in [0.3, 0.4) is 0 Å². The van der Waals surface area contributed by atoms with Gasteiger partial charge in [-0.1, -0.05) is 54.6 Å². The topological polar surface area (TPSA) is 69.6 Å². The second-order valence-electron chi connectivity index (χ2n) is 4.90. The number of carboxylic acids is 1. The van der Waals surface area contributed by atoms with Gasteiger partial charge in [-0.3, -0.25) is 4.79 Å². The van der Waals surface area contributed by atoms with Crippen molar-refractivity contribution in [1.82, 2.24) is 5.32 Å². The lowest BCUT2D eigenvalue weighted by molar-refractivity contribution is -0.136. The Morgan fingerprint density at radius 2 is 1.62 bits per heavy atom. The van der Waals surface area contributed by atoms with E-state index < -0.39 is 12.1 Å². The molecule has 3 N–H and O–H groups in total. The predicted molar refractivity (Wildman–Crippen MR) is 80.9 cm³/mol. The summed E-state index contributed by atoms with van der Waals surface area (Å²) in [5.41, 5.74) is 2.61. The quantitative estimate of drug-likeness (QED) is 0.729. The Morgan fingerprint density at radius 1 is 1.00 bits per heavy atom. The van der Waals surface area contributed by atoms with Crippen molar-refractivity contribution in [2.75, 3.05) is 6.54 Å². The highest BCUT2D eigenvalue weighted by Crippen LogP contribution is 2.12. The van der Waals surface area contributed by atoms with Gasteiger partial charge < -0.3 is 15.5 Å². The lowest BCUT2D eigenvalue weighted by atomic mass is 10.0. The molecule has 0 bridgehead atoms. The smallest absolute Gasteiger partial charge is 0.307 e. The van der Waals surface area contributed by atoms with E-state index in [1.165, 1.54) is 0 Å². The van der Waals surface area contributed by atoms with E-state index in [0.717, 1.165) is 16.7 Å². The molecule has 0 radical (unpaired) electrons. The summed E-state index contributed by atoms with van der Waals surface area (Å²) in [6.07, 6.45) is -0.558. The number of carbonyl (C=O) groups is 1. The molecule has 0 amide bonds. The summed E-state index contributed by atoms with van der Waals surface area (Å²) in [7, 11) is 0. The molecule has 0 saturated heterocycles. The Kier molecular flexibility index (Phi) is 5.49. The normalized spacial score (nSPS) is 12.0. The molecular formula is C17H19NO3. The van der Waals surface area contributed by atoms with Gasteiger partial charge in [-0.15, -0.1) is 0 Å². The fraction of sp³-hybridized carbons (Fsp3) is 0.235. The predicted octanol–water partition coefficient (Wildman–Crippen LogP) is 2.14. The lowest BCUT2D eigenvalue weighted by Crippen LogP contribution is -2.22. The minimum atomic E-state index is -0.841. The van der Waals surface area contributed by atoms with Crippen LogP contribution in [0.5, 0.6) is 0 Å². The lowest BCUT2D eigenvalue weighted by Gasteiger charge is -2.13. The third-order valence-electron chi connectivity index (χ3n) is 3.30. The highest BCUT2D eigenvalue weighted by Gasteiger charge is 2.08. The fourth-order valence-corrected chi connectivity index (χ4v) is 2.20. The zero-order chi connectivity index (χ0) is 15.1. The summed E-state index contributed by atoms with van der Waals surface area (Å²) in [6.45, 7) is 0.957. The van der Waals surface area contributed by atoms with Gasteiger partial charge in [0.2, 0.25) is 0 Å². The van der Waals surface area contributed by atoms with Crippen molar-refractivity contribution < 1.29 is 15.0 Å². The summed E-state index contributed by atoms with van der Waals surface area (Å²) in [5, 5.41) is 22.1. The molecule has 0 aliphatic carbocycles. The standard InChI is InChI=1S/C17H19NO3/c19-16(13-6-2-1-3-7-13)12-18-11-15-9-5-4-8-14(15)10-17(20)21/h1-9,16,18-19H,10-12H2,(H,20,21). The van der Waals surface area contributed by atoms with Crippen molar-refractivity contribution in [3.05, 3.63) is 71.3 Å². The average Bonchev–Trinajstić information content (AvgIpc) is 2.49. The van der Waals surface area contributed by atoms with E-state index in [4.69, 9.17) is 5.11 Å². The molecule has 110 valence electrons. The molecule has 0 spiro atoms. The van der Waals surface area contributed by atoms with E-state index in [9.17, 15) is 9.90 Å². The van der Waals surface area contributed by atoms with Crippen molar-refractivity contribution in [3.63, 3.8) is 0 Å². The van der Waals surface area contributed by atoms with E-state index >= 15 is 0 Å². The van der Waals surface area contributed by atoms with Gasteiger partial charge >= 0.3 is 5.97 Å². The van der Waals surface area contributed by atoms with Gasteiger partial charge in [0.1, 0.15) is 0 Å². The SMILES string of the molecule is O=C(O)Cc1ccccc1CNCC(O)c1ccccc1. The van der Waals surface area contributed by atoms with Crippen molar-refractivity contribution in [2.24, 2.45) is 0 Å². The summed E-state index contributed by atoms with van der Waals surface area (Å²) >= 11 is 0. The van der Waals surface area contributed by atoms with Gasteiger partial charge in [-0.2, -0.15) is 0 Å². The first kappa shape index (κ1) is 15.2. The van der Waals surface area contributed by atoms with Crippen LogP contribution < -0.4 is 5.32 Å². The number of hydrogen-bond acceptors (Lipinski definition) is 3. The number of aliphatic carboxylic acids is 1. The molecule has 4 heteroatoms. The van der Waals surface area contributed by atoms with Gasteiger partial charge in [-0.25, -0.2) is 0 Å². The fourth-order valence-electron chi connectivity index (χ4n) is 2.20. The van der Waals surface area contributed by atoms with Crippen molar-refractivity contribution in [2.45, 2.75) is 19.1 Å². The number of aliphatic hydroxyl groups excluding tert-OH is 1. The molecule has 1 atom stereocenters. The number of nitrogens with one attached hydrogen (secondary N) is 1. The van der Waals surface area contributed by atoms with Crippen molar-refractivity contribution in [3.8, 4) is 0 Å². The molecule has 0 saturated carbocycles. The van der Waals surface area contributed by atoms with E-state index in [0.29, 0.717) is 13.1 Å². The Balaban J connectivity index is 1.90. The Bertz CT molecular complexity index is 584. The molecule has 21 heavy (non-hydrogen) atoms. The molecular weight excluding hydrogens is 266 g/mol. The van der Waals surface area contributed by atoms with Gasteiger partial charge in [0.25, 0.3) is 0 Å². The minimum Gasteiger partial charge on any atom is -0.481 e. The van der Waals surface area contributed by atoms with Crippen LogP contribution in [0.2, 0.25) is 0 Å². The average molecular weight is 285 g/mol. The van der Waals surface area contributed by atoms with Gasteiger partial charge in [-0.05, 0) is 16.7 Å². The van der Waals surface area contributed by atoms with E-state index in [2.05, 4.69) is 5.32 Å². The Hall–Kier alpha value is -2.17. The van der Waals surface area contributed by atoms with Gasteiger partial charge in [0, 0.05) is 13.1 Å². The maximum Gasteiger partial charge on any atom is 0.307 e. The Labute approximate surface area is 124 Å². The zero-order valence-corrected chi connectivity index (χ0v) is 11.7. The van der Waals surface area contributed by atoms with Crippen LogP contribution in [0.25, 0.3) is 0 Å². The van der Waals surface area contributed by atoms with E-state index in [1.807, 2.05) is 54.6 Å². The molecule has 0 fully saturated rings. The zero-order valence-electron chi connectivity index (χ0n) is 11.7. The highest BCUT2D eigenvalue weighted by atomic mass is 16.4. The molecule has 2 aromatic carbocycles. The van der Waals surface area contributed by atoms with Crippen LogP contribution in [-0.4, -0.2) is 22.7 Å². The first-order valence-corrected chi connectivity index (χ1v) is 6.89. The maximum atomic E-state index is 10.8. The molecule has 4 nitrogen and oxygen atoms in total. The number of rotatable bonds is 7. The first-order chi connectivity index (χ1) is 10.2. The van der Waals surface area contributed by atoms with Crippen LogP contribution >= 0.6 is 0 Å². The van der Waals surface area contributed by atoms with Crippen LogP contribution in [-0.2, 0) is 17.8 Å². The Morgan fingerprint density at radius 3 is 2.29 bits per heavy atom. The second-order valence-corrected chi connectivity index (χ2v) is 4.90. The van der Waals surface area contributed by atoms with E-state index in [-0.39, 0.29) is 6.42 Å². The number of carboxylic acid groups (broad SMARTS) is 1. The van der Waals surface area contributed by atoms with Crippen LogP contribution in [0.15, 0.2) is 54.6 Å². The molecule has 2 rings (SSSR count). The van der Waals surface area contributed by atoms with Gasteiger partial charge in [0.15, 0.2) is 0 Å². The van der Waals surface area contributed by atoms with Crippen LogP contribution in [0, 0.1) is 0 Å². The number of benzene rings is 2. The minimum absolute atomic E-state index is 0.0130.